The monoisotopic (exact) mass is 317 g/mol. The number of halogens is 1. The molecule has 0 bridgehead atoms. The molecular formula is C19H24ClNO. The van der Waals surface area contributed by atoms with E-state index in [4.69, 9.17) is 16.3 Å². The lowest BCUT2D eigenvalue weighted by Gasteiger charge is -2.10. The number of nitrogens with one attached hydrogen (secondary N) is 1. The Balaban J connectivity index is 1.75. The summed E-state index contributed by atoms with van der Waals surface area (Å²) in [5.41, 5.74) is 2.32. The number of aryl methyl sites for hydroxylation is 1. The Morgan fingerprint density at radius 1 is 1.05 bits per heavy atom. The average molecular weight is 318 g/mol. The number of hydrogen-bond donors (Lipinski definition) is 1. The maximum atomic E-state index is 6.16. The van der Waals surface area contributed by atoms with Crippen LogP contribution in [0.5, 0.6) is 5.75 Å². The first-order chi connectivity index (χ1) is 10.8. The van der Waals surface area contributed by atoms with E-state index in [0.29, 0.717) is 0 Å². The predicted octanol–water partition coefficient (Wildman–Crippen LogP) is 5.56. The molecule has 2 aromatic rings. The van der Waals surface area contributed by atoms with Crippen LogP contribution in [0, 0.1) is 0 Å². The number of rotatable bonds is 9. The molecule has 0 aliphatic carbocycles. The highest BCUT2D eigenvalue weighted by molar-refractivity contribution is 6.31. The van der Waals surface area contributed by atoms with E-state index in [1.54, 1.807) is 0 Å². The van der Waals surface area contributed by atoms with Crippen LogP contribution in [-0.4, -0.2) is 13.2 Å². The molecule has 0 heterocycles. The average Bonchev–Trinajstić information content (AvgIpc) is 2.54. The predicted molar refractivity (Wildman–Crippen MR) is 95.1 cm³/mol. The summed E-state index contributed by atoms with van der Waals surface area (Å²) in [5.74, 6) is 0.935. The molecular weight excluding hydrogens is 294 g/mol. The second-order valence-electron chi connectivity index (χ2n) is 5.35. The van der Waals surface area contributed by atoms with Crippen molar-refractivity contribution < 1.29 is 4.74 Å². The summed E-state index contributed by atoms with van der Waals surface area (Å²) in [6, 6.07) is 16.2. The molecule has 118 valence electrons. The van der Waals surface area contributed by atoms with Gasteiger partial charge in [0.2, 0.25) is 0 Å². The lowest BCUT2D eigenvalue weighted by atomic mass is 10.1. The molecule has 3 heteroatoms. The summed E-state index contributed by atoms with van der Waals surface area (Å²) in [6.07, 6.45) is 4.28. The second kappa shape index (κ2) is 9.37. The molecule has 0 aromatic heterocycles. The van der Waals surface area contributed by atoms with E-state index in [0.717, 1.165) is 55.3 Å². The molecule has 0 radical (unpaired) electrons. The van der Waals surface area contributed by atoms with Crippen molar-refractivity contribution in [3.63, 3.8) is 0 Å². The molecule has 0 atom stereocenters. The Hall–Kier alpha value is -1.67. The van der Waals surface area contributed by atoms with E-state index in [2.05, 4.69) is 30.4 Å². The van der Waals surface area contributed by atoms with Crippen LogP contribution in [0.15, 0.2) is 48.5 Å². The van der Waals surface area contributed by atoms with Crippen LogP contribution >= 0.6 is 11.6 Å². The van der Waals surface area contributed by atoms with Gasteiger partial charge in [-0.3, -0.25) is 0 Å². The van der Waals surface area contributed by atoms with E-state index < -0.39 is 0 Å². The van der Waals surface area contributed by atoms with Gasteiger partial charge in [0, 0.05) is 23.3 Å². The third-order valence-electron chi connectivity index (χ3n) is 3.51. The minimum atomic E-state index is 0.784. The summed E-state index contributed by atoms with van der Waals surface area (Å²) in [6.45, 7) is 3.87. The number of hydrogen-bond acceptors (Lipinski definition) is 2. The van der Waals surface area contributed by atoms with Gasteiger partial charge in [-0.15, -0.1) is 0 Å². The van der Waals surface area contributed by atoms with Gasteiger partial charge in [0.15, 0.2) is 0 Å². The van der Waals surface area contributed by atoms with E-state index in [1.165, 1.54) is 5.56 Å². The van der Waals surface area contributed by atoms with Gasteiger partial charge in [0.1, 0.15) is 5.75 Å². The minimum Gasteiger partial charge on any atom is -0.494 e. The standard InChI is InChI=1S/C19H24ClNO/c1-2-3-14-22-18-11-6-10-17(15-18)21-13-7-9-16-8-4-5-12-19(16)20/h4-6,8,10-12,15,21H,2-3,7,9,13-14H2,1H3. The van der Waals surface area contributed by atoms with Crippen molar-refractivity contribution in [2.75, 3.05) is 18.5 Å². The number of unbranched alkanes of at least 4 members (excludes halogenated alkanes) is 1. The minimum absolute atomic E-state index is 0.784. The lowest BCUT2D eigenvalue weighted by molar-refractivity contribution is 0.309. The van der Waals surface area contributed by atoms with Gasteiger partial charge in [-0.2, -0.15) is 0 Å². The molecule has 0 aliphatic heterocycles. The quantitative estimate of drug-likeness (QED) is 0.611. The number of anilines is 1. The van der Waals surface area contributed by atoms with Crippen LogP contribution < -0.4 is 10.1 Å². The Morgan fingerprint density at radius 3 is 2.73 bits per heavy atom. The Bertz CT molecular complexity index is 571. The van der Waals surface area contributed by atoms with Crippen molar-refractivity contribution in [1.82, 2.24) is 0 Å². The Kier molecular flexibility index (Phi) is 7.11. The largest absolute Gasteiger partial charge is 0.494 e. The van der Waals surface area contributed by atoms with Crippen molar-refractivity contribution in [1.29, 1.82) is 0 Å². The molecule has 0 unspecified atom stereocenters. The molecule has 22 heavy (non-hydrogen) atoms. The van der Waals surface area contributed by atoms with Gasteiger partial charge >= 0.3 is 0 Å². The van der Waals surface area contributed by atoms with Gasteiger partial charge in [0.05, 0.1) is 6.61 Å². The summed E-state index contributed by atoms with van der Waals surface area (Å²) in [4.78, 5) is 0. The zero-order chi connectivity index (χ0) is 15.6. The van der Waals surface area contributed by atoms with Gasteiger partial charge < -0.3 is 10.1 Å². The van der Waals surface area contributed by atoms with Crippen LogP contribution in [0.25, 0.3) is 0 Å². The molecule has 0 spiro atoms. The SMILES string of the molecule is CCCCOc1cccc(NCCCc2ccccc2Cl)c1. The smallest absolute Gasteiger partial charge is 0.121 e. The molecule has 0 aliphatic rings. The van der Waals surface area contributed by atoms with Crippen molar-refractivity contribution in [2.45, 2.75) is 32.6 Å². The molecule has 0 fully saturated rings. The zero-order valence-electron chi connectivity index (χ0n) is 13.1. The van der Waals surface area contributed by atoms with Crippen LogP contribution in [0.3, 0.4) is 0 Å². The van der Waals surface area contributed by atoms with Crippen LogP contribution in [0.4, 0.5) is 5.69 Å². The van der Waals surface area contributed by atoms with Gasteiger partial charge in [-0.25, -0.2) is 0 Å². The fourth-order valence-corrected chi connectivity index (χ4v) is 2.47. The molecule has 1 N–H and O–H groups in total. The Morgan fingerprint density at radius 2 is 1.91 bits per heavy atom. The molecule has 2 rings (SSSR count). The summed E-state index contributed by atoms with van der Waals surface area (Å²) < 4.78 is 5.72. The topological polar surface area (TPSA) is 21.3 Å². The maximum absolute atomic E-state index is 6.16. The van der Waals surface area contributed by atoms with Crippen molar-refractivity contribution >= 4 is 17.3 Å². The maximum Gasteiger partial charge on any atom is 0.121 e. The molecule has 0 saturated carbocycles. The van der Waals surface area contributed by atoms with E-state index in [9.17, 15) is 0 Å². The summed E-state index contributed by atoms with van der Waals surface area (Å²) in [5, 5.41) is 4.30. The van der Waals surface area contributed by atoms with Crippen LogP contribution in [-0.2, 0) is 6.42 Å². The molecule has 0 amide bonds. The zero-order valence-corrected chi connectivity index (χ0v) is 13.9. The number of benzene rings is 2. The summed E-state index contributed by atoms with van der Waals surface area (Å²) >= 11 is 6.16. The normalized spacial score (nSPS) is 10.5. The highest BCUT2D eigenvalue weighted by Gasteiger charge is 2.00. The van der Waals surface area contributed by atoms with Crippen molar-refractivity contribution in [3.05, 3.63) is 59.1 Å². The molecule has 0 saturated heterocycles. The van der Waals surface area contributed by atoms with Gasteiger partial charge in [0.25, 0.3) is 0 Å². The Labute approximate surface area is 138 Å². The fraction of sp³-hybridized carbons (Fsp3) is 0.368. The first kappa shape index (κ1) is 16.7. The van der Waals surface area contributed by atoms with E-state index in [-0.39, 0.29) is 0 Å². The van der Waals surface area contributed by atoms with Crippen molar-refractivity contribution in [2.24, 2.45) is 0 Å². The van der Waals surface area contributed by atoms with Crippen LogP contribution in [0.2, 0.25) is 5.02 Å². The highest BCUT2D eigenvalue weighted by Crippen LogP contribution is 2.19. The molecule has 2 aromatic carbocycles. The summed E-state index contributed by atoms with van der Waals surface area (Å²) in [7, 11) is 0. The first-order valence-corrected chi connectivity index (χ1v) is 8.37. The highest BCUT2D eigenvalue weighted by atomic mass is 35.5. The fourth-order valence-electron chi connectivity index (χ4n) is 2.24. The second-order valence-corrected chi connectivity index (χ2v) is 5.76. The number of ether oxygens (including phenoxy) is 1. The lowest BCUT2D eigenvalue weighted by Crippen LogP contribution is -2.04. The molecule has 2 nitrogen and oxygen atoms in total. The van der Waals surface area contributed by atoms with Crippen LogP contribution in [0.1, 0.15) is 31.7 Å². The van der Waals surface area contributed by atoms with Crippen molar-refractivity contribution in [3.8, 4) is 5.75 Å². The van der Waals surface area contributed by atoms with E-state index in [1.807, 2.05) is 30.3 Å². The first-order valence-electron chi connectivity index (χ1n) is 7.99. The third kappa shape index (κ3) is 5.61. The third-order valence-corrected chi connectivity index (χ3v) is 3.88. The van der Waals surface area contributed by atoms with Gasteiger partial charge in [-0.1, -0.05) is 49.2 Å². The van der Waals surface area contributed by atoms with Gasteiger partial charge in [-0.05, 0) is 43.0 Å². The van der Waals surface area contributed by atoms with E-state index >= 15 is 0 Å².